The molecule has 16 heavy (non-hydrogen) atoms. The van der Waals surface area contributed by atoms with Crippen molar-refractivity contribution in [3.63, 3.8) is 0 Å². The molecule has 0 aliphatic heterocycles. The van der Waals surface area contributed by atoms with Crippen LogP contribution in [0, 0.1) is 11.8 Å². The first-order valence-corrected chi connectivity index (χ1v) is 5.77. The Kier molecular flexibility index (Phi) is 4.29. The number of nitrogens with one attached hydrogen (secondary N) is 1. The third-order valence-electron chi connectivity index (χ3n) is 3.36. The third kappa shape index (κ3) is 3.20. The third-order valence-corrected chi connectivity index (χ3v) is 3.36. The van der Waals surface area contributed by atoms with Crippen LogP contribution in [0.5, 0.6) is 0 Å². The van der Waals surface area contributed by atoms with Gasteiger partial charge in [-0.25, -0.2) is 0 Å². The summed E-state index contributed by atoms with van der Waals surface area (Å²) in [7, 11) is 0. The number of carbonyl (C=O) groups excluding carboxylic acids is 2. The standard InChI is InChI=1S/C11H21N3O2/c1-6-3-4-8(12)5-9(6)11(16)14-7(2)10(13)15/h6-9H,3-5,12H2,1-2H3,(H2,13,15)(H,14,16). The monoisotopic (exact) mass is 227 g/mol. The van der Waals surface area contributed by atoms with Gasteiger partial charge in [-0.3, -0.25) is 9.59 Å². The molecular formula is C11H21N3O2. The summed E-state index contributed by atoms with van der Waals surface area (Å²) in [6.07, 6.45) is 2.62. The van der Waals surface area contributed by atoms with E-state index >= 15 is 0 Å². The van der Waals surface area contributed by atoms with Crippen molar-refractivity contribution >= 4 is 11.8 Å². The first kappa shape index (κ1) is 13.0. The Balaban J connectivity index is 2.55. The number of amides is 2. The maximum Gasteiger partial charge on any atom is 0.239 e. The second kappa shape index (κ2) is 5.30. The highest BCUT2D eigenvalue weighted by molar-refractivity contribution is 5.87. The van der Waals surface area contributed by atoms with Gasteiger partial charge in [0.1, 0.15) is 6.04 Å². The molecular weight excluding hydrogens is 206 g/mol. The van der Waals surface area contributed by atoms with Gasteiger partial charge in [-0.05, 0) is 32.1 Å². The quantitative estimate of drug-likeness (QED) is 0.619. The average molecular weight is 227 g/mol. The lowest BCUT2D eigenvalue weighted by Crippen LogP contribution is -2.48. The topological polar surface area (TPSA) is 98.2 Å². The highest BCUT2D eigenvalue weighted by Crippen LogP contribution is 2.29. The molecule has 5 nitrogen and oxygen atoms in total. The molecule has 4 unspecified atom stereocenters. The predicted octanol–water partition coefficient (Wildman–Crippen LogP) is -0.260. The zero-order chi connectivity index (χ0) is 12.3. The lowest BCUT2D eigenvalue weighted by Gasteiger charge is -2.32. The molecule has 5 heteroatoms. The summed E-state index contributed by atoms with van der Waals surface area (Å²) < 4.78 is 0. The summed E-state index contributed by atoms with van der Waals surface area (Å²) in [5.41, 5.74) is 10.9. The van der Waals surface area contributed by atoms with Gasteiger partial charge in [0, 0.05) is 12.0 Å². The zero-order valence-electron chi connectivity index (χ0n) is 9.90. The summed E-state index contributed by atoms with van der Waals surface area (Å²) in [5.74, 6) is -0.388. The molecule has 0 bridgehead atoms. The fourth-order valence-corrected chi connectivity index (χ4v) is 2.11. The van der Waals surface area contributed by atoms with Crippen LogP contribution in [-0.2, 0) is 9.59 Å². The van der Waals surface area contributed by atoms with Crippen LogP contribution in [0.15, 0.2) is 0 Å². The molecule has 1 rings (SSSR count). The van der Waals surface area contributed by atoms with Crippen molar-refractivity contribution in [3.8, 4) is 0 Å². The van der Waals surface area contributed by atoms with Crippen LogP contribution in [-0.4, -0.2) is 23.9 Å². The average Bonchev–Trinajstić information content (AvgIpc) is 2.21. The van der Waals surface area contributed by atoms with Crippen molar-refractivity contribution < 1.29 is 9.59 Å². The molecule has 0 aromatic carbocycles. The van der Waals surface area contributed by atoms with E-state index < -0.39 is 11.9 Å². The molecule has 1 aliphatic carbocycles. The molecule has 0 aromatic heterocycles. The zero-order valence-corrected chi connectivity index (χ0v) is 9.90. The van der Waals surface area contributed by atoms with Gasteiger partial charge in [-0.1, -0.05) is 6.92 Å². The molecule has 1 fully saturated rings. The second-order valence-electron chi connectivity index (χ2n) is 4.79. The van der Waals surface area contributed by atoms with Crippen LogP contribution < -0.4 is 16.8 Å². The van der Waals surface area contributed by atoms with E-state index in [4.69, 9.17) is 11.5 Å². The minimum atomic E-state index is -0.613. The fourth-order valence-electron chi connectivity index (χ4n) is 2.11. The summed E-state index contributed by atoms with van der Waals surface area (Å²) in [6.45, 7) is 3.64. The largest absolute Gasteiger partial charge is 0.368 e. The molecule has 2 amide bonds. The van der Waals surface area contributed by atoms with E-state index in [-0.39, 0.29) is 17.9 Å². The molecule has 0 spiro atoms. The molecule has 1 aliphatic rings. The first-order chi connectivity index (χ1) is 7.41. The van der Waals surface area contributed by atoms with E-state index in [1.165, 1.54) is 0 Å². The SMILES string of the molecule is CC(NC(=O)C1CC(N)CCC1C)C(N)=O. The van der Waals surface area contributed by atoms with Gasteiger partial charge >= 0.3 is 0 Å². The van der Waals surface area contributed by atoms with Crippen molar-refractivity contribution in [2.24, 2.45) is 23.3 Å². The van der Waals surface area contributed by atoms with E-state index in [1.54, 1.807) is 6.92 Å². The maximum absolute atomic E-state index is 11.9. The van der Waals surface area contributed by atoms with Crippen LogP contribution in [0.3, 0.4) is 0 Å². The van der Waals surface area contributed by atoms with E-state index in [9.17, 15) is 9.59 Å². The molecule has 4 atom stereocenters. The smallest absolute Gasteiger partial charge is 0.239 e. The van der Waals surface area contributed by atoms with Crippen LogP contribution in [0.25, 0.3) is 0 Å². The summed E-state index contributed by atoms with van der Waals surface area (Å²) in [5, 5.41) is 2.63. The Labute approximate surface area is 95.9 Å². The van der Waals surface area contributed by atoms with Crippen LogP contribution in [0.2, 0.25) is 0 Å². The molecule has 0 radical (unpaired) electrons. The number of carbonyl (C=O) groups is 2. The van der Waals surface area contributed by atoms with Gasteiger partial charge in [0.2, 0.25) is 11.8 Å². The number of hydrogen-bond acceptors (Lipinski definition) is 3. The van der Waals surface area contributed by atoms with Crippen molar-refractivity contribution in [2.75, 3.05) is 0 Å². The Bertz CT molecular complexity index is 280. The number of hydrogen-bond donors (Lipinski definition) is 3. The van der Waals surface area contributed by atoms with Crippen molar-refractivity contribution in [2.45, 2.75) is 45.2 Å². The van der Waals surface area contributed by atoms with Crippen molar-refractivity contribution in [3.05, 3.63) is 0 Å². The lowest BCUT2D eigenvalue weighted by atomic mass is 9.77. The van der Waals surface area contributed by atoms with Crippen molar-refractivity contribution in [1.82, 2.24) is 5.32 Å². The van der Waals surface area contributed by atoms with Gasteiger partial charge in [0.25, 0.3) is 0 Å². The Morgan fingerprint density at radius 3 is 2.56 bits per heavy atom. The van der Waals surface area contributed by atoms with Crippen LogP contribution in [0.4, 0.5) is 0 Å². The van der Waals surface area contributed by atoms with Crippen molar-refractivity contribution in [1.29, 1.82) is 0 Å². The van der Waals surface area contributed by atoms with Gasteiger partial charge in [-0.15, -0.1) is 0 Å². The summed E-state index contributed by atoms with van der Waals surface area (Å²) in [6, 6.07) is -0.520. The summed E-state index contributed by atoms with van der Waals surface area (Å²) in [4.78, 5) is 22.7. The van der Waals surface area contributed by atoms with Gasteiger partial charge in [0.05, 0.1) is 0 Å². The van der Waals surface area contributed by atoms with Crippen LogP contribution in [0.1, 0.15) is 33.1 Å². The maximum atomic E-state index is 11.9. The minimum Gasteiger partial charge on any atom is -0.368 e. The molecule has 0 saturated heterocycles. The minimum absolute atomic E-state index is 0.0921. The Morgan fingerprint density at radius 2 is 2.00 bits per heavy atom. The van der Waals surface area contributed by atoms with Gasteiger partial charge in [-0.2, -0.15) is 0 Å². The van der Waals surface area contributed by atoms with E-state index in [2.05, 4.69) is 5.32 Å². The molecule has 0 heterocycles. The Hall–Kier alpha value is -1.10. The fraction of sp³-hybridized carbons (Fsp3) is 0.818. The molecule has 5 N–H and O–H groups in total. The normalized spacial score (nSPS) is 31.8. The van der Waals surface area contributed by atoms with Gasteiger partial charge in [0.15, 0.2) is 0 Å². The molecule has 0 aromatic rings. The Morgan fingerprint density at radius 1 is 1.38 bits per heavy atom. The number of primary amides is 1. The predicted molar refractivity (Wildman–Crippen MR) is 61.3 cm³/mol. The second-order valence-corrected chi connectivity index (χ2v) is 4.79. The molecule has 92 valence electrons. The number of rotatable bonds is 3. The summed E-state index contributed by atoms with van der Waals surface area (Å²) >= 11 is 0. The van der Waals surface area contributed by atoms with E-state index in [0.29, 0.717) is 12.3 Å². The van der Waals surface area contributed by atoms with E-state index in [1.807, 2.05) is 6.92 Å². The highest BCUT2D eigenvalue weighted by Gasteiger charge is 2.32. The first-order valence-electron chi connectivity index (χ1n) is 5.77. The molecule has 1 saturated carbocycles. The lowest BCUT2D eigenvalue weighted by molar-refractivity contribution is -0.131. The highest BCUT2D eigenvalue weighted by atomic mass is 16.2. The van der Waals surface area contributed by atoms with E-state index in [0.717, 1.165) is 12.8 Å². The van der Waals surface area contributed by atoms with Gasteiger partial charge < -0.3 is 16.8 Å². The van der Waals surface area contributed by atoms with Crippen LogP contribution >= 0.6 is 0 Å². The number of nitrogens with two attached hydrogens (primary N) is 2.